The Hall–Kier alpha value is -3.42. The molecule has 2 aromatic carbocycles. The van der Waals surface area contributed by atoms with Crippen LogP contribution < -0.4 is 10.6 Å². The molecule has 1 saturated carbocycles. The predicted molar refractivity (Wildman–Crippen MR) is 157 cm³/mol. The number of nitrogens with zero attached hydrogens (tertiary/aromatic N) is 2. The first-order chi connectivity index (χ1) is 18.7. The molecule has 3 aliphatic rings. The highest BCUT2D eigenvalue weighted by molar-refractivity contribution is 14.1. The van der Waals surface area contributed by atoms with Gasteiger partial charge < -0.3 is 31.1 Å². The average Bonchev–Trinajstić information content (AvgIpc) is 2.88. The number of fused-ring (bicyclic) bond motifs is 3. The molecule has 0 heterocycles. The molecule has 2 aromatic rings. The number of anilines is 1. The van der Waals surface area contributed by atoms with Crippen LogP contribution in [0.5, 0.6) is 5.75 Å². The lowest BCUT2D eigenvalue weighted by Gasteiger charge is -2.50. The summed E-state index contributed by atoms with van der Waals surface area (Å²) < 4.78 is 0.447. The first-order valence-electron chi connectivity index (χ1n) is 12.7. The molecule has 4 atom stereocenters. The average molecular weight is 659 g/mol. The molecule has 0 spiro atoms. The Morgan fingerprint density at radius 1 is 1.07 bits per heavy atom. The molecule has 10 nitrogen and oxygen atoms in total. The number of rotatable bonds is 4. The third-order valence-electron chi connectivity index (χ3n) is 8.37. The maximum Gasteiger partial charge on any atom is 0.255 e. The molecule has 0 aromatic heterocycles. The highest BCUT2D eigenvalue weighted by atomic mass is 127. The van der Waals surface area contributed by atoms with E-state index in [1.54, 1.807) is 14.1 Å². The maximum atomic E-state index is 14.0. The summed E-state index contributed by atoms with van der Waals surface area (Å²) in [7, 11) is 7.01. The van der Waals surface area contributed by atoms with Gasteiger partial charge in [0, 0.05) is 31.3 Å². The highest BCUT2D eigenvalue weighted by Gasteiger charge is 2.64. The zero-order chi connectivity index (χ0) is 29.4. The van der Waals surface area contributed by atoms with E-state index in [-0.39, 0.29) is 29.7 Å². The highest BCUT2D eigenvalue weighted by Crippen LogP contribution is 2.54. The SMILES string of the molecule is CN(C)c1ccc(-c2cc(I)c(O)c3c2CC2CC4C(N(C)C)C(=O)C(C(N)=O)=C(O)C4(O)C(=O)C2=C3O)cc1. The number of carbonyl (C=O) groups is 3. The summed E-state index contributed by atoms with van der Waals surface area (Å²) >= 11 is 1.95. The van der Waals surface area contributed by atoms with Crippen LogP contribution in [0.15, 0.2) is 47.2 Å². The summed E-state index contributed by atoms with van der Waals surface area (Å²) in [4.78, 5) is 42.9. The van der Waals surface area contributed by atoms with Crippen LogP contribution in [-0.2, 0) is 20.8 Å². The molecule has 11 heteroatoms. The Kier molecular flexibility index (Phi) is 6.75. The van der Waals surface area contributed by atoms with Crippen molar-refractivity contribution in [2.45, 2.75) is 24.5 Å². The number of halogens is 1. The van der Waals surface area contributed by atoms with Crippen molar-refractivity contribution in [2.75, 3.05) is 33.1 Å². The van der Waals surface area contributed by atoms with E-state index in [0.717, 1.165) is 16.8 Å². The number of phenols is 1. The maximum absolute atomic E-state index is 14.0. The van der Waals surface area contributed by atoms with Gasteiger partial charge in [-0.25, -0.2) is 0 Å². The fourth-order valence-corrected chi connectivity index (χ4v) is 7.06. The van der Waals surface area contributed by atoms with Gasteiger partial charge in [-0.2, -0.15) is 0 Å². The molecule has 1 fully saturated rings. The van der Waals surface area contributed by atoms with E-state index < -0.39 is 58.0 Å². The van der Waals surface area contributed by atoms with Crippen LogP contribution in [0.25, 0.3) is 16.9 Å². The van der Waals surface area contributed by atoms with Gasteiger partial charge in [-0.15, -0.1) is 0 Å². The smallest absolute Gasteiger partial charge is 0.255 e. The molecule has 1 amide bonds. The topological polar surface area (TPSA) is 165 Å². The van der Waals surface area contributed by atoms with Gasteiger partial charge in [0.15, 0.2) is 11.4 Å². The van der Waals surface area contributed by atoms with Crippen LogP contribution in [0.3, 0.4) is 0 Å². The summed E-state index contributed by atoms with van der Waals surface area (Å²) in [6, 6.07) is 8.48. The Morgan fingerprint density at radius 3 is 2.25 bits per heavy atom. The fourth-order valence-electron chi connectivity index (χ4n) is 6.48. The van der Waals surface area contributed by atoms with E-state index in [4.69, 9.17) is 5.73 Å². The number of ketones is 2. The van der Waals surface area contributed by atoms with Crippen molar-refractivity contribution in [3.05, 3.63) is 61.9 Å². The number of primary amides is 1. The Bertz CT molecular complexity index is 1540. The zero-order valence-corrected chi connectivity index (χ0v) is 24.6. The van der Waals surface area contributed by atoms with Gasteiger partial charge in [0.25, 0.3) is 5.91 Å². The van der Waals surface area contributed by atoms with Crippen molar-refractivity contribution < 1.29 is 34.8 Å². The molecule has 4 unspecified atom stereocenters. The first kappa shape index (κ1) is 28.1. The quantitative estimate of drug-likeness (QED) is 0.245. The first-order valence-corrected chi connectivity index (χ1v) is 13.8. The number of hydrogen-bond acceptors (Lipinski definition) is 9. The van der Waals surface area contributed by atoms with E-state index in [1.165, 1.54) is 4.90 Å². The number of hydrogen-bond donors (Lipinski definition) is 5. The summed E-state index contributed by atoms with van der Waals surface area (Å²) in [6.45, 7) is 0. The number of benzene rings is 2. The van der Waals surface area contributed by atoms with Gasteiger partial charge >= 0.3 is 0 Å². The second kappa shape index (κ2) is 9.60. The second-order valence-electron chi connectivity index (χ2n) is 11.0. The number of aromatic hydroxyl groups is 1. The lowest BCUT2D eigenvalue weighted by molar-refractivity contribution is -0.153. The Balaban J connectivity index is 1.73. The number of amides is 1. The van der Waals surface area contributed by atoms with E-state index in [2.05, 4.69) is 0 Å². The summed E-state index contributed by atoms with van der Waals surface area (Å²) in [5.41, 5.74) is 5.03. The Labute approximate surface area is 244 Å². The molecule has 210 valence electrons. The normalized spacial score (nSPS) is 26.0. The van der Waals surface area contributed by atoms with Crippen molar-refractivity contribution in [1.29, 1.82) is 0 Å². The van der Waals surface area contributed by atoms with Gasteiger partial charge in [0.05, 0.1) is 15.2 Å². The van der Waals surface area contributed by atoms with Gasteiger partial charge in [-0.05, 0) is 90.3 Å². The van der Waals surface area contributed by atoms with E-state index in [9.17, 15) is 34.8 Å². The van der Waals surface area contributed by atoms with Crippen LogP contribution in [0.1, 0.15) is 17.5 Å². The van der Waals surface area contributed by atoms with Crippen LogP contribution in [0, 0.1) is 15.4 Å². The molecular weight excluding hydrogens is 629 g/mol. The van der Waals surface area contributed by atoms with Crippen molar-refractivity contribution >= 4 is 51.5 Å². The standard InChI is InChI=1S/C29H30IN3O7/c1-32(2)14-7-5-12(6-8-14)15-11-18(30)23(34)20-16(15)9-13-10-17-22(33(3)4)25(36)21(28(31)39)27(38)29(17,40)26(37)19(13)24(20)35/h5-8,11,13,17,22,34-35,38,40H,9-10H2,1-4H3,(H2,31,39). The molecule has 0 aliphatic heterocycles. The largest absolute Gasteiger partial charge is 0.508 e. The van der Waals surface area contributed by atoms with Crippen LogP contribution in [-0.4, -0.2) is 82.6 Å². The molecule has 40 heavy (non-hydrogen) atoms. The van der Waals surface area contributed by atoms with E-state index in [1.807, 2.05) is 71.9 Å². The van der Waals surface area contributed by atoms with Crippen molar-refractivity contribution in [1.82, 2.24) is 4.90 Å². The minimum absolute atomic E-state index is 0.0392. The summed E-state index contributed by atoms with van der Waals surface area (Å²) in [6.07, 6.45) is 0.265. The number of phenolic OH excluding ortho intramolecular Hbond substituents is 1. The number of likely N-dealkylation sites (N-methyl/N-ethyl adjacent to an activating group) is 1. The van der Waals surface area contributed by atoms with Gasteiger partial charge in [0.2, 0.25) is 5.78 Å². The molecular formula is C29H30IN3O7. The minimum Gasteiger partial charge on any atom is -0.508 e. The van der Waals surface area contributed by atoms with Crippen LogP contribution in [0.2, 0.25) is 0 Å². The third-order valence-corrected chi connectivity index (χ3v) is 9.19. The molecule has 3 aliphatic carbocycles. The number of carbonyl (C=O) groups excluding carboxylic acids is 3. The number of aliphatic hydroxyl groups excluding tert-OH is 2. The molecule has 0 radical (unpaired) electrons. The van der Waals surface area contributed by atoms with Crippen molar-refractivity contribution in [3.8, 4) is 16.9 Å². The minimum atomic E-state index is -2.66. The predicted octanol–water partition coefficient (Wildman–Crippen LogP) is 2.30. The van der Waals surface area contributed by atoms with E-state index in [0.29, 0.717) is 9.13 Å². The molecule has 0 bridgehead atoms. The molecule has 6 N–H and O–H groups in total. The van der Waals surface area contributed by atoms with Crippen molar-refractivity contribution in [3.63, 3.8) is 0 Å². The summed E-state index contributed by atoms with van der Waals surface area (Å²) in [5.74, 6) is -6.63. The molecule has 5 rings (SSSR count). The van der Waals surface area contributed by atoms with Crippen molar-refractivity contribution in [2.24, 2.45) is 17.6 Å². The van der Waals surface area contributed by atoms with Gasteiger partial charge in [-0.3, -0.25) is 19.3 Å². The van der Waals surface area contributed by atoms with Gasteiger partial charge in [-0.1, -0.05) is 12.1 Å². The lowest BCUT2D eigenvalue weighted by atomic mass is 9.57. The lowest BCUT2D eigenvalue weighted by Crippen LogP contribution is -2.65. The molecule has 0 saturated heterocycles. The Morgan fingerprint density at radius 2 is 1.70 bits per heavy atom. The summed E-state index contributed by atoms with van der Waals surface area (Å²) in [5, 5.41) is 45.3. The van der Waals surface area contributed by atoms with Crippen LogP contribution >= 0.6 is 22.6 Å². The fraction of sp³-hybridized carbons (Fsp3) is 0.345. The number of Topliss-reactive ketones (excluding diaryl/α,β-unsaturated/α-hetero) is 2. The second-order valence-corrected chi connectivity index (χ2v) is 12.2. The zero-order valence-electron chi connectivity index (χ0n) is 22.4. The number of aliphatic hydroxyl groups is 3. The number of nitrogens with two attached hydrogens (primary N) is 1. The van der Waals surface area contributed by atoms with Gasteiger partial charge in [0.1, 0.15) is 22.8 Å². The van der Waals surface area contributed by atoms with Crippen LogP contribution in [0.4, 0.5) is 5.69 Å². The third kappa shape index (κ3) is 3.85. The van der Waals surface area contributed by atoms with E-state index >= 15 is 0 Å². The monoisotopic (exact) mass is 659 g/mol.